The first-order valence-corrected chi connectivity index (χ1v) is 6.55. The zero-order valence-corrected chi connectivity index (χ0v) is 11.0. The highest BCUT2D eigenvalue weighted by Crippen LogP contribution is 2.38. The Morgan fingerprint density at radius 3 is 2.68 bits per heavy atom. The van der Waals surface area contributed by atoms with Crippen molar-refractivity contribution in [3.8, 4) is 5.75 Å². The Morgan fingerprint density at radius 2 is 2.11 bits per heavy atom. The molecule has 1 saturated heterocycles. The zero-order chi connectivity index (χ0) is 14.0. The van der Waals surface area contributed by atoms with Crippen LogP contribution >= 0.6 is 11.6 Å². The van der Waals surface area contributed by atoms with Crippen molar-refractivity contribution in [2.75, 3.05) is 13.1 Å². The SMILES string of the molecule is Oc1cc(C(F)(F)F)c(CC2CCCNC2)cc1Cl. The van der Waals surface area contributed by atoms with E-state index in [1.165, 1.54) is 6.07 Å². The number of nitrogens with one attached hydrogen (secondary N) is 1. The number of hydrogen-bond donors (Lipinski definition) is 2. The number of phenolic OH excluding ortho intramolecular Hbond substituents is 1. The Morgan fingerprint density at radius 1 is 1.37 bits per heavy atom. The van der Waals surface area contributed by atoms with Crippen molar-refractivity contribution in [3.05, 3.63) is 28.3 Å². The minimum Gasteiger partial charge on any atom is -0.506 e. The summed E-state index contributed by atoms with van der Waals surface area (Å²) in [4.78, 5) is 0. The van der Waals surface area contributed by atoms with E-state index >= 15 is 0 Å². The van der Waals surface area contributed by atoms with E-state index in [1.807, 2.05) is 0 Å². The van der Waals surface area contributed by atoms with Crippen LogP contribution in [0.5, 0.6) is 5.75 Å². The van der Waals surface area contributed by atoms with Crippen LogP contribution in [0.4, 0.5) is 13.2 Å². The van der Waals surface area contributed by atoms with Gasteiger partial charge in [-0.25, -0.2) is 0 Å². The van der Waals surface area contributed by atoms with Gasteiger partial charge in [0.2, 0.25) is 0 Å². The van der Waals surface area contributed by atoms with Gasteiger partial charge < -0.3 is 10.4 Å². The monoisotopic (exact) mass is 293 g/mol. The molecule has 0 saturated carbocycles. The summed E-state index contributed by atoms with van der Waals surface area (Å²) < 4.78 is 38.8. The van der Waals surface area contributed by atoms with Gasteiger partial charge in [-0.1, -0.05) is 11.6 Å². The lowest BCUT2D eigenvalue weighted by atomic mass is 9.90. The van der Waals surface area contributed by atoms with Gasteiger partial charge >= 0.3 is 6.18 Å². The lowest BCUT2D eigenvalue weighted by Crippen LogP contribution is -2.31. The first kappa shape index (κ1) is 14.5. The van der Waals surface area contributed by atoms with Crippen LogP contribution in [0.15, 0.2) is 12.1 Å². The molecule has 0 radical (unpaired) electrons. The predicted molar refractivity (Wildman–Crippen MR) is 67.4 cm³/mol. The molecule has 1 aromatic carbocycles. The van der Waals surface area contributed by atoms with Crippen LogP contribution in [-0.2, 0) is 12.6 Å². The fourth-order valence-corrected chi connectivity index (χ4v) is 2.63. The maximum atomic E-state index is 12.9. The largest absolute Gasteiger partial charge is 0.506 e. The summed E-state index contributed by atoms with van der Waals surface area (Å²) in [6, 6.07) is 1.95. The summed E-state index contributed by atoms with van der Waals surface area (Å²) in [5.41, 5.74) is -0.635. The molecular formula is C13H15ClF3NO. The molecule has 1 aliphatic heterocycles. The number of phenols is 1. The van der Waals surface area contributed by atoms with Gasteiger partial charge in [0.1, 0.15) is 5.75 Å². The minimum absolute atomic E-state index is 0.0354. The number of benzene rings is 1. The lowest BCUT2D eigenvalue weighted by molar-refractivity contribution is -0.138. The van der Waals surface area contributed by atoms with Crippen molar-refractivity contribution in [3.63, 3.8) is 0 Å². The van der Waals surface area contributed by atoms with Gasteiger partial charge in [-0.05, 0) is 56.0 Å². The molecular weight excluding hydrogens is 279 g/mol. The number of hydrogen-bond acceptors (Lipinski definition) is 2. The van der Waals surface area contributed by atoms with Crippen molar-refractivity contribution >= 4 is 11.6 Å². The van der Waals surface area contributed by atoms with Crippen LogP contribution < -0.4 is 5.32 Å². The van der Waals surface area contributed by atoms with Gasteiger partial charge in [0.05, 0.1) is 10.6 Å². The summed E-state index contributed by atoms with van der Waals surface area (Å²) in [6.07, 6.45) is -2.28. The van der Waals surface area contributed by atoms with Crippen LogP contribution in [0, 0.1) is 5.92 Å². The topological polar surface area (TPSA) is 32.3 Å². The quantitative estimate of drug-likeness (QED) is 0.873. The van der Waals surface area contributed by atoms with Crippen molar-refractivity contribution < 1.29 is 18.3 Å². The Balaban J connectivity index is 2.29. The van der Waals surface area contributed by atoms with Gasteiger partial charge in [-0.2, -0.15) is 13.2 Å². The van der Waals surface area contributed by atoms with Gasteiger partial charge in [0.15, 0.2) is 0 Å². The molecule has 1 atom stereocenters. The number of piperidine rings is 1. The third-order valence-electron chi connectivity index (χ3n) is 3.39. The normalized spacial score (nSPS) is 20.5. The van der Waals surface area contributed by atoms with Crippen LogP contribution in [0.1, 0.15) is 24.0 Å². The van der Waals surface area contributed by atoms with E-state index in [1.54, 1.807) is 0 Å². The number of aromatic hydroxyl groups is 1. The molecule has 0 bridgehead atoms. The summed E-state index contributed by atoms with van der Waals surface area (Å²) in [5, 5.41) is 12.5. The molecule has 0 aliphatic carbocycles. The molecule has 0 aromatic heterocycles. The minimum atomic E-state index is -4.47. The van der Waals surface area contributed by atoms with E-state index < -0.39 is 17.5 Å². The molecule has 1 fully saturated rings. The highest BCUT2D eigenvalue weighted by atomic mass is 35.5. The molecule has 2 N–H and O–H groups in total. The fourth-order valence-electron chi connectivity index (χ4n) is 2.45. The number of rotatable bonds is 2. The van der Waals surface area contributed by atoms with Gasteiger partial charge in [-0.3, -0.25) is 0 Å². The standard InChI is InChI=1S/C13H15ClF3NO/c14-11-5-9(4-8-2-1-3-18-7-8)10(6-12(11)19)13(15,16)17/h5-6,8,18-19H,1-4,7H2. The highest BCUT2D eigenvalue weighted by Gasteiger charge is 2.34. The van der Waals surface area contributed by atoms with Crippen molar-refractivity contribution in [2.45, 2.75) is 25.4 Å². The molecule has 1 aliphatic rings. The third-order valence-corrected chi connectivity index (χ3v) is 3.69. The Kier molecular flexibility index (Phi) is 4.26. The van der Waals surface area contributed by atoms with Crippen molar-refractivity contribution in [1.82, 2.24) is 5.32 Å². The predicted octanol–water partition coefficient (Wildman–Crippen LogP) is 3.61. The number of alkyl halides is 3. The molecule has 1 unspecified atom stereocenters. The first-order chi connectivity index (χ1) is 8.88. The van der Waals surface area contributed by atoms with E-state index in [9.17, 15) is 18.3 Å². The second kappa shape index (κ2) is 5.59. The second-order valence-corrected chi connectivity index (χ2v) is 5.28. The molecule has 0 amide bonds. The van der Waals surface area contributed by atoms with Crippen LogP contribution in [0.3, 0.4) is 0 Å². The molecule has 2 nitrogen and oxygen atoms in total. The average molecular weight is 294 g/mol. The maximum absolute atomic E-state index is 12.9. The molecule has 6 heteroatoms. The fraction of sp³-hybridized carbons (Fsp3) is 0.538. The second-order valence-electron chi connectivity index (χ2n) is 4.88. The summed E-state index contributed by atoms with van der Waals surface area (Å²) in [6.45, 7) is 1.63. The molecule has 106 valence electrons. The van der Waals surface area contributed by atoms with Crippen LogP contribution in [0.2, 0.25) is 5.02 Å². The molecule has 2 rings (SSSR count). The number of halogens is 4. The third kappa shape index (κ3) is 3.54. The van der Waals surface area contributed by atoms with E-state index in [2.05, 4.69) is 5.32 Å². The van der Waals surface area contributed by atoms with Gasteiger partial charge in [0, 0.05) is 0 Å². The lowest BCUT2D eigenvalue weighted by Gasteiger charge is -2.24. The molecule has 1 heterocycles. The first-order valence-electron chi connectivity index (χ1n) is 6.17. The Hall–Kier alpha value is -0.940. The zero-order valence-electron chi connectivity index (χ0n) is 10.2. The molecule has 19 heavy (non-hydrogen) atoms. The van der Waals surface area contributed by atoms with E-state index in [0.717, 1.165) is 25.9 Å². The van der Waals surface area contributed by atoms with E-state index in [-0.39, 0.29) is 16.5 Å². The van der Waals surface area contributed by atoms with E-state index in [4.69, 9.17) is 11.6 Å². The van der Waals surface area contributed by atoms with Crippen LogP contribution in [-0.4, -0.2) is 18.2 Å². The maximum Gasteiger partial charge on any atom is 0.416 e. The van der Waals surface area contributed by atoms with Gasteiger partial charge in [-0.15, -0.1) is 0 Å². The highest BCUT2D eigenvalue weighted by molar-refractivity contribution is 6.32. The van der Waals surface area contributed by atoms with Crippen molar-refractivity contribution in [1.29, 1.82) is 0 Å². The summed E-state index contributed by atoms with van der Waals surface area (Å²) >= 11 is 5.72. The summed E-state index contributed by atoms with van der Waals surface area (Å²) in [5.74, 6) is -0.352. The Bertz CT molecular complexity index is 456. The van der Waals surface area contributed by atoms with Crippen LogP contribution in [0.25, 0.3) is 0 Å². The molecule has 1 aromatic rings. The summed E-state index contributed by atoms with van der Waals surface area (Å²) in [7, 11) is 0. The van der Waals surface area contributed by atoms with E-state index in [0.29, 0.717) is 12.5 Å². The van der Waals surface area contributed by atoms with Gasteiger partial charge in [0.25, 0.3) is 0 Å². The average Bonchev–Trinajstić information content (AvgIpc) is 2.33. The Labute approximate surface area is 114 Å². The molecule has 0 spiro atoms. The smallest absolute Gasteiger partial charge is 0.416 e. The van der Waals surface area contributed by atoms with Crippen molar-refractivity contribution in [2.24, 2.45) is 5.92 Å².